The van der Waals surface area contributed by atoms with Gasteiger partial charge in [-0.25, -0.2) is 5.84 Å². The summed E-state index contributed by atoms with van der Waals surface area (Å²) < 4.78 is 0. The van der Waals surface area contributed by atoms with Crippen LogP contribution in [0.15, 0.2) is 35.5 Å². The van der Waals surface area contributed by atoms with E-state index in [2.05, 4.69) is 24.3 Å². The lowest BCUT2D eigenvalue weighted by Gasteiger charge is -2.37. The first-order valence-corrected chi connectivity index (χ1v) is 6.67. The summed E-state index contributed by atoms with van der Waals surface area (Å²) in [6.07, 6.45) is 6.55. The van der Waals surface area contributed by atoms with Gasteiger partial charge in [0.25, 0.3) is 0 Å². The van der Waals surface area contributed by atoms with E-state index in [0.717, 1.165) is 18.3 Å². The molecule has 0 saturated heterocycles. The lowest BCUT2D eigenvalue weighted by atomic mass is 9.80. The van der Waals surface area contributed by atoms with E-state index in [1.54, 1.807) is 5.57 Å². The van der Waals surface area contributed by atoms with Crippen molar-refractivity contribution in [2.45, 2.75) is 32.1 Å². The Balaban J connectivity index is 1.83. The molecular weight excluding hydrogens is 208 g/mol. The van der Waals surface area contributed by atoms with Crippen LogP contribution in [0.1, 0.15) is 31.2 Å². The van der Waals surface area contributed by atoms with Crippen molar-refractivity contribution in [2.24, 2.45) is 17.7 Å². The summed E-state index contributed by atoms with van der Waals surface area (Å²) in [7, 11) is 0. The summed E-state index contributed by atoms with van der Waals surface area (Å²) in [5.41, 5.74) is 5.69. The zero-order chi connectivity index (χ0) is 11.4. The van der Waals surface area contributed by atoms with Gasteiger partial charge in [-0.3, -0.25) is 5.01 Å². The van der Waals surface area contributed by atoms with Crippen LogP contribution < -0.4 is 10.9 Å². The zero-order valence-electron chi connectivity index (χ0n) is 10.0. The first-order chi connectivity index (χ1) is 8.33. The van der Waals surface area contributed by atoms with Gasteiger partial charge in [0.2, 0.25) is 0 Å². The molecule has 1 aliphatic heterocycles. The number of rotatable bonds is 0. The molecule has 0 radical (unpaired) electrons. The Labute approximate surface area is 102 Å². The fourth-order valence-electron chi connectivity index (χ4n) is 3.96. The first-order valence-electron chi connectivity index (χ1n) is 6.67. The normalized spacial score (nSPS) is 30.3. The van der Waals surface area contributed by atoms with Crippen molar-refractivity contribution in [1.82, 2.24) is 0 Å². The molecule has 3 aliphatic rings. The molecule has 2 heteroatoms. The number of hydrogen-bond acceptors (Lipinski definition) is 2. The molecule has 2 N–H and O–H groups in total. The lowest BCUT2D eigenvalue weighted by molar-refractivity contribution is 0.467. The van der Waals surface area contributed by atoms with Gasteiger partial charge < -0.3 is 0 Å². The second-order valence-corrected chi connectivity index (χ2v) is 5.73. The highest BCUT2D eigenvalue weighted by Crippen LogP contribution is 2.49. The Kier molecular flexibility index (Phi) is 1.92. The first kappa shape index (κ1) is 9.72. The number of hydrogen-bond donors (Lipinski definition) is 1. The molecule has 2 atom stereocenters. The third-order valence-electron chi connectivity index (χ3n) is 4.81. The number of fused-ring (bicyclic) bond motifs is 4. The molecule has 1 fully saturated rings. The molecule has 17 heavy (non-hydrogen) atoms. The van der Waals surface area contributed by atoms with E-state index >= 15 is 0 Å². The molecule has 4 rings (SSSR count). The highest BCUT2D eigenvalue weighted by Gasteiger charge is 2.38. The van der Waals surface area contributed by atoms with E-state index in [1.807, 2.05) is 5.01 Å². The number of hydrazine groups is 1. The summed E-state index contributed by atoms with van der Waals surface area (Å²) in [5.74, 6) is 8.05. The molecule has 88 valence electrons. The molecule has 0 spiro atoms. The quantitative estimate of drug-likeness (QED) is 0.689. The van der Waals surface area contributed by atoms with Gasteiger partial charge in [0, 0.05) is 5.70 Å². The Bertz CT molecular complexity index is 503. The fourth-order valence-corrected chi connectivity index (χ4v) is 3.96. The molecular formula is C15H18N2. The molecule has 2 bridgehead atoms. The summed E-state index contributed by atoms with van der Waals surface area (Å²) in [5, 5.41) is 1.97. The molecule has 2 nitrogen and oxygen atoms in total. The van der Waals surface area contributed by atoms with Crippen molar-refractivity contribution in [3.05, 3.63) is 41.1 Å². The Morgan fingerprint density at radius 3 is 3.00 bits per heavy atom. The van der Waals surface area contributed by atoms with Gasteiger partial charge in [0.1, 0.15) is 0 Å². The van der Waals surface area contributed by atoms with Crippen molar-refractivity contribution < 1.29 is 0 Å². The molecule has 1 heterocycles. The Morgan fingerprint density at radius 1 is 1.18 bits per heavy atom. The van der Waals surface area contributed by atoms with E-state index in [9.17, 15) is 0 Å². The zero-order valence-corrected chi connectivity index (χ0v) is 10.0. The number of nitrogens with two attached hydrogens (primary N) is 1. The minimum atomic E-state index is 0.822. The Hall–Kier alpha value is -1.28. The second kappa shape index (κ2) is 3.36. The van der Waals surface area contributed by atoms with E-state index in [0.29, 0.717) is 0 Å². The minimum Gasteiger partial charge on any atom is -0.283 e. The van der Waals surface area contributed by atoms with Crippen molar-refractivity contribution in [3.8, 4) is 0 Å². The molecule has 0 amide bonds. The molecule has 2 unspecified atom stereocenters. The van der Waals surface area contributed by atoms with Crippen LogP contribution in [-0.4, -0.2) is 0 Å². The second-order valence-electron chi connectivity index (χ2n) is 5.73. The van der Waals surface area contributed by atoms with E-state index in [4.69, 9.17) is 5.84 Å². The van der Waals surface area contributed by atoms with Gasteiger partial charge in [-0.15, -0.1) is 0 Å². The van der Waals surface area contributed by atoms with Crippen molar-refractivity contribution in [3.63, 3.8) is 0 Å². The number of benzene rings is 1. The van der Waals surface area contributed by atoms with Gasteiger partial charge in [-0.05, 0) is 61.1 Å². The van der Waals surface area contributed by atoms with Gasteiger partial charge >= 0.3 is 0 Å². The summed E-state index contributed by atoms with van der Waals surface area (Å²) >= 11 is 0. The summed E-state index contributed by atoms with van der Waals surface area (Å²) in [6, 6.07) is 8.58. The number of para-hydroxylation sites is 1. The summed E-state index contributed by atoms with van der Waals surface area (Å²) in [6.45, 7) is 0. The van der Waals surface area contributed by atoms with Crippen molar-refractivity contribution in [2.75, 3.05) is 5.01 Å². The fraction of sp³-hybridized carbons (Fsp3) is 0.467. The third-order valence-corrected chi connectivity index (χ3v) is 4.81. The van der Waals surface area contributed by atoms with Gasteiger partial charge in [-0.2, -0.15) is 0 Å². The highest BCUT2D eigenvalue weighted by molar-refractivity contribution is 5.62. The maximum atomic E-state index is 6.33. The van der Waals surface area contributed by atoms with Crippen LogP contribution in [0.4, 0.5) is 5.69 Å². The van der Waals surface area contributed by atoms with Crippen molar-refractivity contribution in [1.29, 1.82) is 0 Å². The van der Waals surface area contributed by atoms with Crippen LogP contribution in [0.2, 0.25) is 0 Å². The smallest absolute Gasteiger partial charge is 0.0606 e. The van der Waals surface area contributed by atoms with Crippen LogP contribution in [0, 0.1) is 11.8 Å². The summed E-state index contributed by atoms with van der Waals surface area (Å²) in [4.78, 5) is 0. The topological polar surface area (TPSA) is 29.3 Å². The van der Waals surface area contributed by atoms with Gasteiger partial charge in [0.15, 0.2) is 0 Å². The Morgan fingerprint density at radius 2 is 2.06 bits per heavy atom. The minimum absolute atomic E-state index is 0.822. The maximum absolute atomic E-state index is 6.33. The number of nitrogens with zero attached hydrogens (tertiary/aromatic N) is 1. The molecule has 1 aromatic carbocycles. The molecule has 2 aliphatic carbocycles. The van der Waals surface area contributed by atoms with Gasteiger partial charge in [-0.1, -0.05) is 18.2 Å². The van der Waals surface area contributed by atoms with Crippen LogP contribution in [-0.2, 0) is 6.42 Å². The highest BCUT2D eigenvalue weighted by atomic mass is 15.4. The lowest BCUT2D eigenvalue weighted by Crippen LogP contribution is -2.37. The number of allylic oxidation sites excluding steroid dienone is 2. The predicted octanol–water partition coefficient (Wildman–Crippen LogP) is 3.00. The third kappa shape index (κ3) is 1.31. The van der Waals surface area contributed by atoms with E-state index < -0.39 is 0 Å². The van der Waals surface area contributed by atoms with Crippen LogP contribution >= 0.6 is 0 Å². The monoisotopic (exact) mass is 226 g/mol. The predicted molar refractivity (Wildman–Crippen MR) is 69.3 cm³/mol. The van der Waals surface area contributed by atoms with Crippen LogP contribution in [0.3, 0.4) is 0 Å². The maximum Gasteiger partial charge on any atom is 0.0606 e. The van der Waals surface area contributed by atoms with Crippen LogP contribution in [0.25, 0.3) is 0 Å². The van der Waals surface area contributed by atoms with Crippen molar-refractivity contribution >= 4 is 5.69 Å². The van der Waals surface area contributed by atoms with E-state index in [1.165, 1.54) is 42.6 Å². The number of anilines is 1. The molecule has 0 aromatic heterocycles. The SMILES string of the molecule is NN1C2=C(Cc3ccccc31)C1CCC(C2)C1. The van der Waals surface area contributed by atoms with E-state index in [-0.39, 0.29) is 0 Å². The average Bonchev–Trinajstić information content (AvgIpc) is 2.75. The van der Waals surface area contributed by atoms with Gasteiger partial charge in [0.05, 0.1) is 5.69 Å². The largest absolute Gasteiger partial charge is 0.283 e. The standard InChI is InChI=1S/C15H18N2/c16-17-14-4-2-1-3-12(14)9-13-11-6-5-10(7-11)8-15(13)17/h1-4,10-11H,5-9,16H2. The average molecular weight is 226 g/mol. The van der Waals surface area contributed by atoms with Crippen LogP contribution in [0.5, 0.6) is 0 Å². The molecule has 1 aromatic rings. The molecule has 1 saturated carbocycles.